The van der Waals surface area contributed by atoms with Crippen LogP contribution in [0.15, 0.2) is 24.5 Å². The summed E-state index contributed by atoms with van der Waals surface area (Å²) in [5.41, 5.74) is 0.822. The number of nitrogens with one attached hydrogen (secondary N) is 1. The highest BCUT2D eigenvalue weighted by molar-refractivity contribution is 6.36. The summed E-state index contributed by atoms with van der Waals surface area (Å²) in [6.07, 6.45) is 4.84. The van der Waals surface area contributed by atoms with E-state index >= 15 is 0 Å². The van der Waals surface area contributed by atoms with E-state index in [-0.39, 0.29) is 16.7 Å². The molecule has 0 aliphatic rings. The predicted octanol–water partition coefficient (Wildman–Crippen LogP) is 4.57. The van der Waals surface area contributed by atoms with E-state index in [1.54, 1.807) is 6.07 Å². The van der Waals surface area contributed by atoms with Crippen LogP contribution in [0.2, 0.25) is 10.2 Å². The highest BCUT2D eigenvalue weighted by atomic mass is 35.5. The fourth-order valence-electron chi connectivity index (χ4n) is 1.92. The number of halogens is 2. The summed E-state index contributed by atoms with van der Waals surface area (Å²) in [5.74, 6) is 0.164. The average Bonchev–Trinajstić information content (AvgIpc) is 2.48. The Kier molecular flexibility index (Phi) is 5.51. The summed E-state index contributed by atoms with van der Waals surface area (Å²) < 4.78 is 0. The predicted molar refractivity (Wildman–Crippen MR) is 87.5 cm³/mol. The standard InChI is InChI=1S/C14H14Cl2N4O2/c1-2-3-5-18-14-12(20(21)22)7-10(13(16)19-14)9-4-6-17-8-11(9)15/h4,6-8H,2-3,5H2,1H3,(H,18,19). The smallest absolute Gasteiger partial charge is 0.312 e. The van der Waals surface area contributed by atoms with E-state index < -0.39 is 4.92 Å². The number of pyridine rings is 2. The van der Waals surface area contributed by atoms with Crippen LogP contribution in [0.4, 0.5) is 11.5 Å². The summed E-state index contributed by atoms with van der Waals surface area (Å²) in [6, 6.07) is 3.02. The first-order valence-electron chi connectivity index (χ1n) is 6.73. The second-order valence-electron chi connectivity index (χ2n) is 4.59. The number of aromatic nitrogens is 2. The van der Waals surface area contributed by atoms with Crippen LogP contribution in [0.25, 0.3) is 11.1 Å². The molecule has 0 amide bonds. The monoisotopic (exact) mass is 340 g/mol. The Morgan fingerprint density at radius 3 is 2.77 bits per heavy atom. The van der Waals surface area contributed by atoms with Crippen LogP contribution in [0, 0.1) is 10.1 Å². The van der Waals surface area contributed by atoms with Crippen LogP contribution >= 0.6 is 23.2 Å². The van der Waals surface area contributed by atoms with E-state index in [1.165, 1.54) is 18.5 Å². The Labute approximate surface area is 137 Å². The fraction of sp³-hybridized carbons (Fsp3) is 0.286. The first-order valence-corrected chi connectivity index (χ1v) is 7.48. The number of nitrogens with zero attached hydrogens (tertiary/aromatic N) is 3. The molecule has 6 nitrogen and oxygen atoms in total. The van der Waals surface area contributed by atoms with Crippen LogP contribution in [0.5, 0.6) is 0 Å². The lowest BCUT2D eigenvalue weighted by Gasteiger charge is -2.10. The summed E-state index contributed by atoms with van der Waals surface area (Å²) in [5, 5.41) is 14.7. The lowest BCUT2D eigenvalue weighted by Crippen LogP contribution is -2.06. The molecule has 0 saturated carbocycles. The van der Waals surface area contributed by atoms with Crippen molar-refractivity contribution in [2.45, 2.75) is 19.8 Å². The lowest BCUT2D eigenvalue weighted by atomic mass is 10.1. The van der Waals surface area contributed by atoms with Gasteiger partial charge in [0.2, 0.25) is 5.82 Å². The van der Waals surface area contributed by atoms with Gasteiger partial charge in [0, 0.05) is 36.1 Å². The second kappa shape index (κ2) is 7.38. The quantitative estimate of drug-likeness (QED) is 0.360. The van der Waals surface area contributed by atoms with Crippen molar-refractivity contribution >= 4 is 34.7 Å². The van der Waals surface area contributed by atoms with Gasteiger partial charge in [-0.05, 0) is 12.5 Å². The molecule has 0 atom stereocenters. The van der Waals surface area contributed by atoms with Gasteiger partial charge in [0.1, 0.15) is 5.15 Å². The lowest BCUT2D eigenvalue weighted by molar-refractivity contribution is -0.384. The molecule has 22 heavy (non-hydrogen) atoms. The van der Waals surface area contributed by atoms with Gasteiger partial charge in [0.15, 0.2) is 0 Å². The van der Waals surface area contributed by atoms with E-state index in [9.17, 15) is 10.1 Å². The Balaban J connectivity index is 2.48. The molecular weight excluding hydrogens is 327 g/mol. The number of hydrogen-bond acceptors (Lipinski definition) is 5. The van der Waals surface area contributed by atoms with Crippen LogP contribution in [-0.2, 0) is 0 Å². The summed E-state index contributed by atoms with van der Waals surface area (Å²) in [7, 11) is 0. The van der Waals surface area contributed by atoms with E-state index in [0.717, 1.165) is 12.8 Å². The molecule has 2 rings (SSSR count). The first kappa shape index (κ1) is 16.5. The number of anilines is 1. The molecule has 0 unspecified atom stereocenters. The summed E-state index contributed by atoms with van der Waals surface area (Å²) in [4.78, 5) is 18.8. The Hall–Kier alpha value is -1.92. The number of unbranched alkanes of at least 4 members (excludes halogenated alkanes) is 1. The van der Waals surface area contributed by atoms with Gasteiger partial charge in [-0.2, -0.15) is 0 Å². The third-order valence-corrected chi connectivity index (χ3v) is 3.63. The van der Waals surface area contributed by atoms with Crippen molar-refractivity contribution in [3.8, 4) is 11.1 Å². The van der Waals surface area contributed by atoms with Crippen LogP contribution in [-0.4, -0.2) is 21.4 Å². The van der Waals surface area contributed by atoms with Gasteiger partial charge in [0.05, 0.1) is 9.95 Å². The van der Waals surface area contributed by atoms with Crippen molar-refractivity contribution in [1.82, 2.24) is 9.97 Å². The number of hydrogen-bond donors (Lipinski definition) is 1. The maximum atomic E-state index is 11.3. The maximum absolute atomic E-state index is 11.3. The number of rotatable bonds is 6. The molecule has 0 fully saturated rings. The SMILES string of the molecule is CCCCNc1nc(Cl)c(-c2ccncc2Cl)cc1[N+](=O)[O-]. The molecule has 1 N–H and O–H groups in total. The van der Waals surface area contributed by atoms with Gasteiger partial charge in [0.25, 0.3) is 0 Å². The average molecular weight is 341 g/mol. The molecule has 0 aliphatic heterocycles. The highest BCUT2D eigenvalue weighted by Gasteiger charge is 2.21. The Morgan fingerprint density at radius 2 is 2.14 bits per heavy atom. The van der Waals surface area contributed by atoms with E-state index in [2.05, 4.69) is 15.3 Å². The topological polar surface area (TPSA) is 81.0 Å². The molecule has 116 valence electrons. The molecule has 0 spiro atoms. The highest BCUT2D eigenvalue weighted by Crippen LogP contribution is 2.36. The Bertz CT molecular complexity index is 695. The van der Waals surface area contributed by atoms with Gasteiger partial charge >= 0.3 is 5.69 Å². The minimum atomic E-state index is -0.490. The van der Waals surface area contributed by atoms with Crippen molar-refractivity contribution in [1.29, 1.82) is 0 Å². The van der Waals surface area contributed by atoms with Crippen LogP contribution in [0.3, 0.4) is 0 Å². The summed E-state index contributed by atoms with van der Waals surface area (Å²) >= 11 is 12.2. The molecule has 8 heteroatoms. The zero-order valence-electron chi connectivity index (χ0n) is 11.8. The zero-order valence-corrected chi connectivity index (χ0v) is 13.4. The van der Waals surface area contributed by atoms with Crippen molar-refractivity contribution in [3.05, 3.63) is 44.8 Å². The van der Waals surface area contributed by atoms with Crippen LogP contribution < -0.4 is 5.32 Å². The van der Waals surface area contributed by atoms with Crippen LogP contribution in [0.1, 0.15) is 19.8 Å². The maximum Gasteiger partial charge on any atom is 0.312 e. The molecule has 2 heterocycles. The summed E-state index contributed by atoms with van der Waals surface area (Å²) in [6.45, 7) is 2.63. The van der Waals surface area contributed by atoms with Gasteiger partial charge in [-0.1, -0.05) is 36.5 Å². The van der Waals surface area contributed by atoms with Gasteiger partial charge < -0.3 is 5.32 Å². The normalized spacial score (nSPS) is 10.5. The van der Waals surface area contributed by atoms with Gasteiger partial charge in [-0.15, -0.1) is 0 Å². The Morgan fingerprint density at radius 1 is 1.36 bits per heavy atom. The molecule has 0 bridgehead atoms. The van der Waals surface area contributed by atoms with E-state index in [1.807, 2.05) is 6.92 Å². The fourth-order valence-corrected chi connectivity index (χ4v) is 2.38. The van der Waals surface area contributed by atoms with E-state index in [0.29, 0.717) is 22.7 Å². The van der Waals surface area contributed by atoms with Gasteiger partial charge in [-0.25, -0.2) is 4.98 Å². The first-order chi connectivity index (χ1) is 10.5. The van der Waals surface area contributed by atoms with Crippen molar-refractivity contribution < 1.29 is 4.92 Å². The molecule has 2 aromatic heterocycles. The molecule has 0 saturated heterocycles. The largest absolute Gasteiger partial charge is 0.364 e. The number of nitro groups is 1. The van der Waals surface area contributed by atoms with Crippen molar-refractivity contribution in [3.63, 3.8) is 0 Å². The zero-order chi connectivity index (χ0) is 16.1. The molecule has 0 radical (unpaired) electrons. The third-order valence-electron chi connectivity index (χ3n) is 3.04. The van der Waals surface area contributed by atoms with Crippen molar-refractivity contribution in [2.75, 3.05) is 11.9 Å². The molecular formula is C14H14Cl2N4O2. The van der Waals surface area contributed by atoms with Gasteiger partial charge in [-0.3, -0.25) is 15.1 Å². The second-order valence-corrected chi connectivity index (χ2v) is 5.35. The van der Waals surface area contributed by atoms with Crippen molar-refractivity contribution in [2.24, 2.45) is 0 Å². The third kappa shape index (κ3) is 3.64. The van der Waals surface area contributed by atoms with E-state index in [4.69, 9.17) is 23.2 Å². The molecule has 2 aromatic rings. The molecule has 0 aliphatic carbocycles. The minimum absolute atomic E-state index is 0.136. The molecule has 0 aromatic carbocycles. The minimum Gasteiger partial charge on any atom is -0.364 e.